The lowest BCUT2D eigenvalue weighted by Gasteiger charge is -2.24. The third kappa shape index (κ3) is 4.29. The van der Waals surface area contributed by atoms with Crippen LogP contribution >= 0.6 is 15.9 Å². The van der Waals surface area contributed by atoms with E-state index in [-0.39, 0.29) is 0 Å². The summed E-state index contributed by atoms with van der Waals surface area (Å²) in [5.74, 6) is 0. The molecule has 0 radical (unpaired) electrons. The molecule has 0 unspecified atom stereocenters. The summed E-state index contributed by atoms with van der Waals surface area (Å²) in [7, 11) is 2.14. The van der Waals surface area contributed by atoms with Crippen LogP contribution in [0.2, 0.25) is 0 Å². The lowest BCUT2D eigenvalue weighted by molar-refractivity contribution is 1.21. The summed E-state index contributed by atoms with van der Waals surface area (Å²) < 4.78 is 1.08. The molecule has 1 N–H and O–H groups in total. The molecule has 0 atom stereocenters. The molecule has 0 aliphatic heterocycles. The highest BCUT2D eigenvalue weighted by Gasteiger charge is 2.15. The Morgan fingerprint density at radius 3 is 1.90 bits per heavy atom. The van der Waals surface area contributed by atoms with E-state index in [4.69, 9.17) is 0 Å². The molecular formula is C37H27BrN2. The second kappa shape index (κ2) is 10.2. The summed E-state index contributed by atoms with van der Waals surface area (Å²) in [6.07, 6.45) is 0. The van der Waals surface area contributed by atoms with Crippen molar-refractivity contribution in [3.63, 3.8) is 0 Å². The highest BCUT2D eigenvalue weighted by molar-refractivity contribution is 9.10. The molecule has 0 spiro atoms. The van der Waals surface area contributed by atoms with Crippen LogP contribution in [0.1, 0.15) is 0 Å². The van der Waals surface area contributed by atoms with Gasteiger partial charge in [-0.1, -0.05) is 103 Å². The summed E-state index contributed by atoms with van der Waals surface area (Å²) in [5, 5.41) is 2.46. The fourth-order valence-electron chi connectivity index (χ4n) is 5.67. The molecule has 0 aliphatic rings. The van der Waals surface area contributed by atoms with Gasteiger partial charge in [0.05, 0.1) is 11.0 Å². The summed E-state index contributed by atoms with van der Waals surface area (Å²) in [4.78, 5) is 5.97. The van der Waals surface area contributed by atoms with Crippen molar-refractivity contribution in [2.24, 2.45) is 0 Å². The number of benzene rings is 6. The van der Waals surface area contributed by atoms with Gasteiger partial charge in [-0.25, -0.2) is 0 Å². The van der Waals surface area contributed by atoms with Gasteiger partial charge in [0.1, 0.15) is 0 Å². The molecular weight excluding hydrogens is 552 g/mol. The van der Waals surface area contributed by atoms with E-state index in [0.29, 0.717) is 0 Å². The standard InChI is InChI=1S/C37H27BrN2/c1-40(29-15-6-3-7-16-29)35-22-21-26(25-11-4-2-5-12-25)24-33(35)28-14-8-13-27(23-28)30-17-9-18-31-32-19-10-20-34(38)37(32)39-36(30)31/h2-24,39H,1H3. The van der Waals surface area contributed by atoms with Crippen LogP contribution < -0.4 is 4.90 Å². The molecule has 3 heteroatoms. The largest absolute Gasteiger partial charge is 0.353 e. The SMILES string of the molecule is CN(c1ccccc1)c1ccc(-c2ccccc2)cc1-c1cccc(-c2cccc3c2[nH]c2c(Br)cccc23)c1. The monoisotopic (exact) mass is 578 g/mol. The van der Waals surface area contributed by atoms with E-state index in [2.05, 4.69) is 172 Å². The van der Waals surface area contributed by atoms with Crippen molar-refractivity contribution < 1.29 is 0 Å². The summed E-state index contributed by atoms with van der Waals surface area (Å²) >= 11 is 3.73. The van der Waals surface area contributed by atoms with Crippen LogP contribution in [0.5, 0.6) is 0 Å². The first kappa shape index (κ1) is 24.4. The second-order valence-corrected chi connectivity index (χ2v) is 10.9. The summed E-state index contributed by atoms with van der Waals surface area (Å²) in [5.41, 5.74) is 11.8. The zero-order chi connectivity index (χ0) is 27.1. The minimum atomic E-state index is 1.08. The number of hydrogen-bond donors (Lipinski definition) is 1. The Hall–Kier alpha value is -4.60. The summed E-state index contributed by atoms with van der Waals surface area (Å²) in [6.45, 7) is 0. The molecule has 2 nitrogen and oxygen atoms in total. The third-order valence-corrected chi connectivity index (χ3v) is 8.37. The van der Waals surface area contributed by atoms with Crippen molar-refractivity contribution in [3.8, 4) is 33.4 Å². The molecule has 7 rings (SSSR count). The minimum Gasteiger partial charge on any atom is -0.353 e. The lowest BCUT2D eigenvalue weighted by Crippen LogP contribution is -2.10. The van der Waals surface area contributed by atoms with Gasteiger partial charge in [0.15, 0.2) is 0 Å². The molecule has 40 heavy (non-hydrogen) atoms. The van der Waals surface area contributed by atoms with Crippen LogP contribution in [0.4, 0.5) is 11.4 Å². The first-order chi connectivity index (χ1) is 19.7. The first-order valence-electron chi connectivity index (χ1n) is 13.5. The molecule has 0 saturated heterocycles. The van der Waals surface area contributed by atoms with Crippen LogP contribution in [0.25, 0.3) is 55.2 Å². The van der Waals surface area contributed by atoms with Crippen molar-refractivity contribution in [3.05, 3.63) is 144 Å². The number of hydrogen-bond acceptors (Lipinski definition) is 1. The Bertz CT molecular complexity index is 1970. The normalized spacial score (nSPS) is 11.2. The van der Waals surface area contributed by atoms with Crippen LogP contribution in [0.3, 0.4) is 0 Å². The number of aromatic amines is 1. The lowest BCUT2D eigenvalue weighted by atomic mass is 9.94. The Morgan fingerprint density at radius 2 is 1.12 bits per heavy atom. The Kier molecular flexibility index (Phi) is 6.22. The number of aromatic nitrogens is 1. The first-order valence-corrected chi connectivity index (χ1v) is 14.2. The third-order valence-electron chi connectivity index (χ3n) is 7.71. The topological polar surface area (TPSA) is 19.0 Å². The average molecular weight is 580 g/mol. The number of H-pyrrole nitrogens is 1. The number of halogens is 1. The fourth-order valence-corrected chi connectivity index (χ4v) is 6.13. The van der Waals surface area contributed by atoms with E-state index in [9.17, 15) is 0 Å². The maximum atomic E-state index is 3.73. The van der Waals surface area contributed by atoms with Crippen LogP contribution in [0.15, 0.2) is 144 Å². The van der Waals surface area contributed by atoms with E-state index in [1.165, 1.54) is 44.2 Å². The van der Waals surface area contributed by atoms with Gasteiger partial charge in [-0.2, -0.15) is 0 Å². The predicted octanol–water partition coefficient (Wildman–Crippen LogP) is 10.9. The summed E-state index contributed by atoms with van der Waals surface area (Å²) in [6, 6.07) is 49.8. The highest BCUT2D eigenvalue weighted by atomic mass is 79.9. The average Bonchev–Trinajstić information content (AvgIpc) is 3.42. The zero-order valence-electron chi connectivity index (χ0n) is 22.1. The van der Waals surface area contributed by atoms with Gasteiger partial charge in [0.2, 0.25) is 0 Å². The Balaban J connectivity index is 1.41. The van der Waals surface area contributed by atoms with Crippen molar-refractivity contribution >= 4 is 49.1 Å². The molecule has 0 amide bonds. The van der Waals surface area contributed by atoms with Gasteiger partial charge in [-0.15, -0.1) is 0 Å². The number of anilines is 2. The molecule has 0 fully saturated rings. The van der Waals surface area contributed by atoms with Gasteiger partial charge in [-0.3, -0.25) is 0 Å². The Labute approximate surface area is 242 Å². The predicted molar refractivity (Wildman–Crippen MR) is 174 cm³/mol. The van der Waals surface area contributed by atoms with Gasteiger partial charge in [0.25, 0.3) is 0 Å². The van der Waals surface area contributed by atoms with Gasteiger partial charge >= 0.3 is 0 Å². The number of fused-ring (bicyclic) bond motifs is 3. The molecule has 0 aliphatic carbocycles. The molecule has 6 aromatic carbocycles. The van der Waals surface area contributed by atoms with Crippen LogP contribution in [-0.4, -0.2) is 12.0 Å². The van der Waals surface area contributed by atoms with Crippen molar-refractivity contribution in [2.45, 2.75) is 0 Å². The second-order valence-electron chi connectivity index (χ2n) is 10.1. The quantitative estimate of drug-likeness (QED) is 0.215. The zero-order valence-corrected chi connectivity index (χ0v) is 23.7. The van der Waals surface area contributed by atoms with Gasteiger partial charge < -0.3 is 9.88 Å². The van der Waals surface area contributed by atoms with Crippen LogP contribution in [-0.2, 0) is 0 Å². The van der Waals surface area contributed by atoms with E-state index >= 15 is 0 Å². The Morgan fingerprint density at radius 1 is 0.500 bits per heavy atom. The number of nitrogens with zero attached hydrogens (tertiary/aromatic N) is 1. The van der Waals surface area contributed by atoms with E-state index in [0.717, 1.165) is 26.9 Å². The van der Waals surface area contributed by atoms with Crippen molar-refractivity contribution in [1.29, 1.82) is 0 Å². The van der Waals surface area contributed by atoms with E-state index < -0.39 is 0 Å². The number of rotatable bonds is 5. The number of para-hydroxylation sites is 3. The van der Waals surface area contributed by atoms with Crippen molar-refractivity contribution in [1.82, 2.24) is 4.98 Å². The molecule has 0 bridgehead atoms. The van der Waals surface area contributed by atoms with Gasteiger partial charge in [-0.05, 0) is 74.6 Å². The maximum Gasteiger partial charge on any atom is 0.0609 e. The molecule has 1 aromatic heterocycles. The minimum absolute atomic E-state index is 1.08. The molecule has 192 valence electrons. The van der Waals surface area contributed by atoms with E-state index in [1.54, 1.807) is 0 Å². The number of nitrogens with one attached hydrogen (secondary N) is 1. The van der Waals surface area contributed by atoms with Crippen molar-refractivity contribution in [2.75, 3.05) is 11.9 Å². The maximum absolute atomic E-state index is 3.73. The smallest absolute Gasteiger partial charge is 0.0609 e. The molecule has 0 saturated carbocycles. The highest BCUT2D eigenvalue weighted by Crippen LogP contribution is 2.40. The van der Waals surface area contributed by atoms with Gasteiger partial charge in [0, 0.05) is 44.8 Å². The molecule has 7 aromatic rings. The molecule has 1 heterocycles. The van der Waals surface area contributed by atoms with E-state index in [1.807, 2.05) is 0 Å². The van der Waals surface area contributed by atoms with Crippen LogP contribution in [0, 0.1) is 0 Å². The fraction of sp³-hybridized carbons (Fsp3) is 0.0270.